The van der Waals surface area contributed by atoms with Crippen LogP contribution in [0.5, 0.6) is 0 Å². The highest BCUT2D eigenvalue weighted by Crippen LogP contribution is 2.37. The van der Waals surface area contributed by atoms with Crippen LogP contribution in [0.3, 0.4) is 0 Å². The molecule has 1 aromatic heterocycles. The number of ether oxygens (including phenoxy) is 1. The summed E-state index contributed by atoms with van der Waals surface area (Å²) in [5, 5.41) is 8.04. The molecule has 4 nitrogen and oxygen atoms in total. The molecule has 6 heteroatoms. The largest absolute Gasteiger partial charge is 0.465 e. The minimum Gasteiger partial charge on any atom is -0.465 e. The lowest BCUT2D eigenvalue weighted by Crippen LogP contribution is -2.36. The zero-order valence-electron chi connectivity index (χ0n) is 16.4. The van der Waals surface area contributed by atoms with Crippen molar-refractivity contribution in [3.8, 4) is 0 Å². The van der Waals surface area contributed by atoms with Gasteiger partial charge >= 0.3 is 5.97 Å². The standard InChI is InChI=1S/C20H32N2O2S2/c1-13(2)9-8-10-14(3)21-20(25)22-18-17(19(23)24-4)15-11-6-5-7-12-16(15)26-18/h13-14H,5-12H2,1-4H3,(H2,21,22,25). The summed E-state index contributed by atoms with van der Waals surface area (Å²) >= 11 is 7.15. The van der Waals surface area contributed by atoms with Crippen molar-refractivity contribution in [3.63, 3.8) is 0 Å². The van der Waals surface area contributed by atoms with Crippen molar-refractivity contribution in [2.75, 3.05) is 12.4 Å². The summed E-state index contributed by atoms with van der Waals surface area (Å²) in [5.74, 6) is 0.469. The highest BCUT2D eigenvalue weighted by atomic mass is 32.1. The second kappa shape index (κ2) is 10.3. The third kappa shape index (κ3) is 5.95. The predicted octanol–water partition coefficient (Wildman–Crippen LogP) is 5.30. The van der Waals surface area contributed by atoms with Gasteiger partial charge in [-0.1, -0.05) is 33.1 Å². The van der Waals surface area contributed by atoms with Gasteiger partial charge in [-0.15, -0.1) is 11.3 Å². The summed E-state index contributed by atoms with van der Waals surface area (Å²) in [5.41, 5.74) is 1.85. The molecule has 0 spiro atoms. The fourth-order valence-electron chi connectivity index (χ4n) is 3.42. The van der Waals surface area contributed by atoms with Gasteiger partial charge in [0.1, 0.15) is 5.00 Å². The summed E-state index contributed by atoms with van der Waals surface area (Å²) in [6.07, 6.45) is 9.03. The lowest BCUT2D eigenvalue weighted by Gasteiger charge is -2.17. The van der Waals surface area contributed by atoms with Crippen LogP contribution in [0.1, 0.15) is 80.1 Å². The van der Waals surface area contributed by atoms with Crippen LogP contribution in [0.15, 0.2) is 0 Å². The average Bonchev–Trinajstić information content (AvgIpc) is 2.75. The molecule has 2 rings (SSSR count). The second-order valence-electron chi connectivity index (χ2n) is 7.58. The highest BCUT2D eigenvalue weighted by molar-refractivity contribution is 7.80. The average molecular weight is 397 g/mol. The number of aryl methyl sites for hydroxylation is 1. The van der Waals surface area contributed by atoms with Gasteiger partial charge in [0.05, 0.1) is 12.7 Å². The number of nitrogens with one attached hydrogen (secondary N) is 2. The Bertz CT molecular complexity index is 626. The van der Waals surface area contributed by atoms with Crippen LogP contribution < -0.4 is 10.6 Å². The topological polar surface area (TPSA) is 50.4 Å². The summed E-state index contributed by atoms with van der Waals surface area (Å²) < 4.78 is 5.04. The van der Waals surface area contributed by atoms with E-state index in [9.17, 15) is 4.79 Å². The number of anilines is 1. The number of fused-ring (bicyclic) bond motifs is 1. The van der Waals surface area contributed by atoms with E-state index in [-0.39, 0.29) is 5.97 Å². The number of hydrogen-bond donors (Lipinski definition) is 2. The molecule has 1 aromatic rings. The van der Waals surface area contributed by atoms with Crippen LogP contribution in [0.4, 0.5) is 5.00 Å². The van der Waals surface area contributed by atoms with Gasteiger partial charge in [-0.25, -0.2) is 4.79 Å². The normalized spacial score (nSPS) is 15.1. The van der Waals surface area contributed by atoms with Crippen LogP contribution in [0.2, 0.25) is 0 Å². The molecule has 1 aliphatic rings. The van der Waals surface area contributed by atoms with E-state index in [1.54, 1.807) is 11.3 Å². The molecule has 0 bridgehead atoms. The van der Waals surface area contributed by atoms with E-state index in [1.807, 2.05) is 0 Å². The molecule has 1 unspecified atom stereocenters. The first-order valence-electron chi connectivity index (χ1n) is 9.72. The minimum absolute atomic E-state index is 0.264. The zero-order valence-corrected chi connectivity index (χ0v) is 18.1. The van der Waals surface area contributed by atoms with Crippen molar-refractivity contribution in [1.82, 2.24) is 5.32 Å². The van der Waals surface area contributed by atoms with Gasteiger partial charge in [0.25, 0.3) is 0 Å². The molecule has 1 heterocycles. The lowest BCUT2D eigenvalue weighted by molar-refractivity contribution is 0.0601. The monoisotopic (exact) mass is 396 g/mol. The Morgan fingerprint density at radius 2 is 1.92 bits per heavy atom. The SMILES string of the molecule is COC(=O)c1c(NC(=S)NC(C)CCCC(C)C)sc2c1CCCCC2. The number of thiophene rings is 1. The van der Waals surface area contributed by atoms with E-state index in [4.69, 9.17) is 17.0 Å². The first kappa shape index (κ1) is 21.2. The fraction of sp³-hybridized carbons (Fsp3) is 0.700. The van der Waals surface area contributed by atoms with E-state index in [2.05, 4.69) is 31.4 Å². The molecule has 0 aliphatic heterocycles. The van der Waals surface area contributed by atoms with Crippen molar-refractivity contribution in [2.24, 2.45) is 5.92 Å². The quantitative estimate of drug-likeness (QED) is 0.372. The summed E-state index contributed by atoms with van der Waals surface area (Å²) in [7, 11) is 1.44. The van der Waals surface area contributed by atoms with Crippen molar-refractivity contribution in [2.45, 2.75) is 78.2 Å². The van der Waals surface area contributed by atoms with Crippen molar-refractivity contribution < 1.29 is 9.53 Å². The van der Waals surface area contributed by atoms with Gasteiger partial charge in [0, 0.05) is 10.9 Å². The minimum atomic E-state index is -0.264. The maximum atomic E-state index is 12.4. The molecule has 146 valence electrons. The van der Waals surface area contributed by atoms with Crippen molar-refractivity contribution in [3.05, 3.63) is 16.0 Å². The molecule has 1 atom stereocenters. The van der Waals surface area contributed by atoms with E-state index in [0.717, 1.165) is 42.2 Å². The molecular weight excluding hydrogens is 364 g/mol. The lowest BCUT2D eigenvalue weighted by atomic mass is 10.0. The fourth-order valence-corrected chi connectivity index (χ4v) is 5.07. The number of thiocarbonyl (C=S) groups is 1. The van der Waals surface area contributed by atoms with Gasteiger partial charge < -0.3 is 15.4 Å². The van der Waals surface area contributed by atoms with E-state index in [0.29, 0.717) is 16.7 Å². The Morgan fingerprint density at radius 3 is 2.62 bits per heavy atom. The molecule has 0 aromatic carbocycles. The smallest absolute Gasteiger partial charge is 0.341 e. The zero-order chi connectivity index (χ0) is 19.1. The number of hydrogen-bond acceptors (Lipinski definition) is 4. The Balaban J connectivity index is 2.03. The molecule has 26 heavy (non-hydrogen) atoms. The number of carbonyl (C=O) groups excluding carboxylic acids is 1. The number of rotatable bonds is 7. The van der Waals surface area contributed by atoms with Gasteiger partial charge in [-0.2, -0.15) is 0 Å². The van der Waals surface area contributed by atoms with Crippen molar-refractivity contribution >= 4 is 39.6 Å². The third-order valence-corrected chi connectivity index (χ3v) is 6.26. The number of esters is 1. The van der Waals surface area contributed by atoms with Crippen molar-refractivity contribution in [1.29, 1.82) is 0 Å². The molecule has 0 saturated heterocycles. The Morgan fingerprint density at radius 1 is 1.19 bits per heavy atom. The highest BCUT2D eigenvalue weighted by Gasteiger charge is 2.25. The molecule has 1 aliphatic carbocycles. The summed E-state index contributed by atoms with van der Waals surface area (Å²) in [6.45, 7) is 6.65. The van der Waals surface area contributed by atoms with E-state index >= 15 is 0 Å². The van der Waals surface area contributed by atoms with Crippen LogP contribution in [-0.4, -0.2) is 24.2 Å². The first-order valence-corrected chi connectivity index (χ1v) is 10.9. The summed E-state index contributed by atoms with van der Waals surface area (Å²) in [4.78, 5) is 13.7. The number of methoxy groups -OCH3 is 1. The first-order chi connectivity index (χ1) is 12.4. The van der Waals surface area contributed by atoms with Gasteiger partial charge in [-0.3, -0.25) is 0 Å². The maximum absolute atomic E-state index is 12.4. The van der Waals surface area contributed by atoms with E-state index in [1.165, 1.54) is 37.7 Å². The maximum Gasteiger partial charge on any atom is 0.341 e. The molecular formula is C20H32N2O2S2. The Hall–Kier alpha value is -1.14. The molecule has 0 fully saturated rings. The second-order valence-corrected chi connectivity index (χ2v) is 9.10. The van der Waals surface area contributed by atoms with E-state index < -0.39 is 0 Å². The van der Waals surface area contributed by atoms with Crippen LogP contribution in [-0.2, 0) is 17.6 Å². The molecule has 0 radical (unpaired) electrons. The van der Waals surface area contributed by atoms with Crippen LogP contribution >= 0.6 is 23.6 Å². The van der Waals surface area contributed by atoms with Crippen LogP contribution in [0, 0.1) is 5.92 Å². The van der Waals surface area contributed by atoms with Gasteiger partial charge in [0.15, 0.2) is 5.11 Å². The van der Waals surface area contributed by atoms with Crippen LogP contribution in [0.25, 0.3) is 0 Å². The molecule has 0 saturated carbocycles. The number of carbonyl (C=O) groups is 1. The summed E-state index contributed by atoms with van der Waals surface area (Å²) in [6, 6.07) is 0.313. The molecule has 2 N–H and O–H groups in total. The Kier molecular flexibility index (Phi) is 8.35. The third-order valence-electron chi connectivity index (χ3n) is 4.83. The predicted molar refractivity (Wildman–Crippen MR) is 114 cm³/mol. The van der Waals surface area contributed by atoms with Gasteiger partial charge in [-0.05, 0) is 62.7 Å². The van der Waals surface area contributed by atoms with Gasteiger partial charge in [0.2, 0.25) is 0 Å². The Labute approximate surface area is 167 Å². The molecule has 0 amide bonds.